The highest BCUT2D eigenvalue weighted by Crippen LogP contribution is 2.27. The van der Waals surface area contributed by atoms with Gasteiger partial charge in [-0.1, -0.05) is 29.3 Å². The van der Waals surface area contributed by atoms with Crippen LogP contribution in [0.25, 0.3) is 0 Å². The molecule has 2 N–H and O–H groups in total. The van der Waals surface area contributed by atoms with Crippen LogP contribution in [0.1, 0.15) is 10.4 Å². The Morgan fingerprint density at radius 2 is 1.67 bits per heavy atom. The summed E-state index contributed by atoms with van der Waals surface area (Å²) in [6.07, 6.45) is 0. The summed E-state index contributed by atoms with van der Waals surface area (Å²) in [6.45, 7) is 0. The number of nitrogens with one attached hydrogen (secondary N) is 2. The van der Waals surface area contributed by atoms with Crippen LogP contribution in [0, 0.1) is 0 Å². The molecule has 0 spiro atoms. The van der Waals surface area contributed by atoms with E-state index in [1.165, 1.54) is 18.9 Å². The van der Waals surface area contributed by atoms with Gasteiger partial charge in [0.05, 0.1) is 17.9 Å². The normalized spacial score (nSPS) is 10.4. The number of amides is 2. The van der Waals surface area contributed by atoms with Gasteiger partial charge in [0.1, 0.15) is 5.75 Å². The van der Waals surface area contributed by atoms with E-state index in [1.54, 1.807) is 54.6 Å². The van der Waals surface area contributed by atoms with Crippen molar-refractivity contribution >= 4 is 58.2 Å². The van der Waals surface area contributed by atoms with Crippen molar-refractivity contribution in [3.8, 4) is 5.75 Å². The van der Waals surface area contributed by atoms with Gasteiger partial charge >= 0.3 is 0 Å². The van der Waals surface area contributed by atoms with E-state index in [1.807, 2.05) is 12.1 Å². The minimum absolute atomic E-state index is 0.153. The van der Waals surface area contributed by atoms with E-state index in [0.717, 1.165) is 4.90 Å². The molecule has 0 aliphatic carbocycles. The van der Waals surface area contributed by atoms with Crippen molar-refractivity contribution in [3.63, 3.8) is 0 Å². The summed E-state index contributed by atoms with van der Waals surface area (Å²) in [7, 11) is 1.53. The van der Waals surface area contributed by atoms with Crippen LogP contribution in [0.5, 0.6) is 5.75 Å². The largest absolute Gasteiger partial charge is 0.495 e. The standard InChI is InChI=1S/C22H18Cl2N2O3S/c1-29-20-10-7-17(12-19(20)24)25-21(27)13-30-18-8-5-16(6-9-18)26-22(28)14-3-2-4-15(23)11-14/h2-12H,13H2,1H3,(H,25,27)(H,26,28). The lowest BCUT2D eigenvalue weighted by Crippen LogP contribution is -2.14. The number of benzene rings is 3. The highest BCUT2D eigenvalue weighted by molar-refractivity contribution is 8.00. The number of carbonyl (C=O) groups is 2. The Morgan fingerprint density at radius 1 is 0.933 bits per heavy atom. The molecule has 0 heterocycles. The summed E-state index contributed by atoms with van der Waals surface area (Å²) in [5.41, 5.74) is 1.74. The minimum atomic E-state index is -0.240. The van der Waals surface area contributed by atoms with Crippen molar-refractivity contribution < 1.29 is 14.3 Å². The van der Waals surface area contributed by atoms with E-state index in [9.17, 15) is 9.59 Å². The third-order valence-corrected chi connectivity index (χ3v) is 5.55. The van der Waals surface area contributed by atoms with E-state index in [2.05, 4.69) is 10.6 Å². The van der Waals surface area contributed by atoms with Crippen LogP contribution in [0.15, 0.2) is 71.6 Å². The molecule has 0 aromatic heterocycles. The zero-order valence-corrected chi connectivity index (χ0v) is 18.3. The van der Waals surface area contributed by atoms with E-state index >= 15 is 0 Å². The molecule has 0 atom stereocenters. The van der Waals surface area contributed by atoms with E-state index < -0.39 is 0 Å². The van der Waals surface area contributed by atoms with Gasteiger partial charge in [-0.15, -0.1) is 11.8 Å². The predicted octanol–water partition coefficient (Wildman–Crippen LogP) is 5.99. The lowest BCUT2D eigenvalue weighted by molar-refractivity contribution is -0.113. The van der Waals surface area contributed by atoms with Gasteiger partial charge in [-0.2, -0.15) is 0 Å². The molecule has 5 nitrogen and oxygen atoms in total. The maximum absolute atomic E-state index is 12.3. The molecule has 0 bridgehead atoms. The first-order valence-corrected chi connectivity index (χ1v) is 10.6. The van der Waals surface area contributed by atoms with Crippen LogP contribution in [0.2, 0.25) is 10.0 Å². The molecule has 30 heavy (non-hydrogen) atoms. The summed E-state index contributed by atoms with van der Waals surface area (Å²) in [6, 6.07) is 19.1. The summed E-state index contributed by atoms with van der Waals surface area (Å²) in [5.74, 6) is 0.388. The van der Waals surface area contributed by atoms with Crippen molar-refractivity contribution in [3.05, 3.63) is 82.3 Å². The summed E-state index contributed by atoms with van der Waals surface area (Å²) in [4.78, 5) is 25.3. The van der Waals surface area contributed by atoms with Crippen molar-refractivity contribution in [2.45, 2.75) is 4.90 Å². The second kappa shape index (κ2) is 10.4. The molecule has 0 saturated carbocycles. The zero-order valence-electron chi connectivity index (χ0n) is 15.9. The van der Waals surface area contributed by atoms with Gasteiger partial charge in [0.25, 0.3) is 5.91 Å². The maximum Gasteiger partial charge on any atom is 0.255 e. The van der Waals surface area contributed by atoms with Gasteiger partial charge in [-0.05, 0) is 60.7 Å². The average molecular weight is 461 g/mol. The fourth-order valence-corrected chi connectivity index (χ4v) is 3.70. The first kappa shape index (κ1) is 22.0. The number of hydrogen-bond donors (Lipinski definition) is 2. The Labute approximate surface area is 188 Å². The van der Waals surface area contributed by atoms with Crippen LogP contribution in [0.4, 0.5) is 11.4 Å². The van der Waals surface area contributed by atoms with Gasteiger partial charge in [0.15, 0.2) is 0 Å². The quantitative estimate of drug-likeness (QED) is 0.425. The molecule has 0 aliphatic heterocycles. The highest BCUT2D eigenvalue weighted by Gasteiger charge is 2.08. The smallest absolute Gasteiger partial charge is 0.255 e. The number of carbonyl (C=O) groups excluding carboxylic acids is 2. The Morgan fingerprint density at radius 3 is 2.33 bits per heavy atom. The predicted molar refractivity (Wildman–Crippen MR) is 123 cm³/mol. The summed E-state index contributed by atoms with van der Waals surface area (Å²) < 4.78 is 5.09. The fourth-order valence-electron chi connectivity index (χ4n) is 2.56. The molecule has 0 radical (unpaired) electrons. The minimum Gasteiger partial charge on any atom is -0.495 e. The number of halogens is 2. The molecule has 8 heteroatoms. The second-order valence-corrected chi connectivity index (χ2v) is 8.07. The monoisotopic (exact) mass is 460 g/mol. The van der Waals surface area contributed by atoms with Crippen molar-refractivity contribution in [1.29, 1.82) is 0 Å². The molecule has 3 rings (SSSR count). The van der Waals surface area contributed by atoms with Gasteiger partial charge in [0.2, 0.25) is 5.91 Å². The lowest BCUT2D eigenvalue weighted by Gasteiger charge is -2.09. The number of hydrogen-bond acceptors (Lipinski definition) is 4. The number of methoxy groups -OCH3 is 1. The molecular weight excluding hydrogens is 443 g/mol. The highest BCUT2D eigenvalue weighted by atomic mass is 35.5. The van der Waals surface area contributed by atoms with Gasteiger partial charge < -0.3 is 15.4 Å². The Bertz CT molecular complexity index is 1060. The maximum atomic E-state index is 12.3. The first-order chi connectivity index (χ1) is 14.4. The third-order valence-electron chi connectivity index (χ3n) is 4.00. The Balaban J connectivity index is 1.51. The molecule has 2 amide bonds. The second-order valence-electron chi connectivity index (χ2n) is 6.18. The number of ether oxygens (including phenoxy) is 1. The Kier molecular flexibility index (Phi) is 7.63. The average Bonchev–Trinajstić information content (AvgIpc) is 2.73. The topological polar surface area (TPSA) is 67.4 Å². The van der Waals surface area contributed by atoms with Gasteiger partial charge in [-0.3, -0.25) is 9.59 Å². The Hall–Kier alpha value is -2.67. The molecular formula is C22H18Cl2N2O3S. The van der Waals surface area contributed by atoms with Crippen molar-refractivity contribution in [2.75, 3.05) is 23.5 Å². The molecule has 3 aromatic rings. The van der Waals surface area contributed by atoms with Crippen molar-refractivity contribution in [2.24, 2.45) is 0 Å². The fraction of sp³-hybridized carbons (Fsp3) is 0.0909. The molecule has 0 saturated heterocycles. The SMILES string of the molecule is COc1ccc(NC(=O)CSc2ccc(NC(=O)c3cccc(Cl)c3)cc2)cc1Cl. The van der Waals surface area contributed by atoms with E-state index in [4.69, 9.17) is 27.9 Å². The van der Waals surface area contributed by atoms with Crippen LogP contribution >= 0.6 is 35.0 Å². The zero-order chi connectivity index (χ0) is 21.5. The lowest BCUT2D eigenvalue weighted by atomic mass is 10.2. The first-order valence-electron chi connectivity index (χ1n) is 8.88. The summed E-state index contributed by atoms with van der Waals surface area (Å²) >= 11 is 13.4. The molecule has 3 aromatic carbocycles. The van der Waals surface area contributed by atoms with E-state index in [0.29, 0.717) is 32.7 Å². The number of anilines is 2. The van der Waals surface area contributed by atoms with Crippen LogP contribution in [-0.4, -0.2) is 24.7 Å². The van der Waals surface area contributed by atoms with Crippen molar-refractivity contribution in [1.82, 2.24) is 0 Å². The van der Waals surface area contributed by atoms with Crippen LogP contribution in [-0.2, 0) is 4.79 Å². The molecule has 0 unspecified atom stereocenters. The van der Waals surface area contributed by atoms with Crippen LogP contribution < -0.4 is 15.4 Å². The molecule has 0 fully saturated rings. The third kappa shape index (κ3) is 6.16. The summed E-state index contributed by atoms with van der Waals surface area (Å²) in [5, 5.41) is 6.55. The number of rotatable bonds is 7. The molecule has 0 aliphatic rings. The van der Waals surface area contributed by atoms with E-state index in [-0.39, 0.29) is 17.6 Å². The molecule has 154 valence electrons. The van der Waals surface area contributed by atoms with Gasteiger partial charge in [0, 0.05) is 26.9 Å². The van der Waals surface area contributed by atoms with Crippen LogP contribution in [0.3, 0.4) is 0 Å². The number of thioether (sulfide) groups is 1. The van der Waals surface area contributed by atoms with Gasteiger partial charge in [-0.25, -0.2) is 0 Å².